The van der Waals surface area contributed by atoms with Crippen LogP contribution in [0.5, 0.6) is 0 Å². The molecule has 0 atom stereocenters. The van der Waals surface area contributed by atoms with Crippen molar-refractivity contribution >= 4 is 28.7 Å². The van der Waals surface area contributed by atoms with Gasteiger partial charge in [-0.15, -0.1) is 0 Å². The van der Waals surface area contributed by atoms with Crippen LogP contribution in [0.1, 0.15) is 10.4 Å². The Labute approximate surface area is 112 Å². The molecule has 0 unspecified atom stereocenters. The van der Waals surface area contributed by atoms with Crippen LogP contribution >= 0.6 is 0 Å². The summed E-state index contributed by atoms with van der Waals surface area (Å²) in [5.74, 6) is -0.0915. The molecule has 0 radical (unpaired) electrons. The van der Waals surface area contributed by atoms with E-state index in [0.717, 1.165) is 0 Å². The Bertz CT molecular complexity index is 736. The number of nitrogens with zero attached hydrogens (tertiary/aromatic N) is 3. The maximum atomic E-state index is 11.3. The number of imidazole rings is 1. The molecule has 0 saturated heterocycles. The minimum atomic E-state index is -0.580. The lowest BCUT2D eigenvalue weighted by Gasteiger charge is -2.04. The Hall–Kier alpha value is -3.00. The van der Waals surface area contributed by atoms with E-state index in [1.807, 2.05) is 0 Å². The topological polar surface area (TPSA) is 116 Å². The summed E-state index contributed by atoms with van der Waals surface area (Å²) in [6, 6.07) is 6.63. The van der Waals surface area contributed by atoms with E-state index in [1.165, 1.54) is 6.33 Å². The number of aromatic amines is 1. The van der Waals surface area contributed by atoms with Crippen molar-refractivity contribution < 1.29 is 10.0 Å². The number of anilines is 2. The quantitative estimate of drug-likeness (QED) is 0.420. The Morgan fingerprint density at radius 3 is 3.05 bits per heavy atom. The highest BCUT2D eigenvalue weighted by molar-refractivity contribution is 5.94. The number of aromatic nitrogens is 4. The van der Waals surface area contributed by atoms with Gasteiger partial charge < -0.3 is 10.3 Å². The number of hydroxylamine groups is 1. The van der Waals surface area contributed by atoms with Gasteiger partial charge in [-0.05, 0) is 18.2 Å². The predicted molar refractivity (Wildman–Crippen MR) is 70.7 cm³/mol. The van der Waals surface area contributed by atoms with Crippen molar-refractivity contribution in [3.63, 3.8) is 0 Å². The van der Waals surface area contributed by atoms with E-state index in [1.54, 1.807) is 35.9 Å². The number of amides is 1. The van der Waals surface area contributed by atoms with E-state index in [-0.39, 0.29) is 0 Å². The second kappa shape index (κ2) is 4.94. The summed E-state index contributed by atoms with van der Waals surface area (Å²) in [6.45, 7) is 0. The van der Waals surface area contributed by atoms with Crippen molar-refractivity contribution in [2.75, 3.05) is 5.32 Å². The fraction of sp³-hybridized carbons (Fsp3) is 0. The van der Waals surface area contributed by atoms with Crippen LogP contribution in [-0.4, -0.2) is 31.1 Å². The molecule has 0 aliphatic rings. The van der Waals surface area contributed by atoms with Crippen molar-refractivity contribution in [2.24, 2.45) is 0 Å². The zero-order valence-electron chi connectivity index (χ0n) is 10.2. The molecule has 3 aromatic rings. The molecule has 0 aliphatic heterocycles. The van der Waals surface area contributed by atoms with Crippen LogP contribution in [-0.2, 0) is 0 Å². The fourth-order valence-corrected chi connectivity index (χ4v) is 1.76. The lowest BCUT2D eigenvalue weighted by molar-refractivity contribution is 0.0706. The zero-order valence-corrected chi connectivity index (χ0v) is 10.2. The molecule has 8 nitrogen and oxygen atoms in total. The standard InChI is InChI=1S/C12H10N6O2/c19-11(18-20)7-2-1-3-8(4-7)15-12-16-9-5-13-6-14-10(9)17-12/h1-6,20H,(H,18,19)(H2,13,14,15,16,17). The summed E-state index contributed by atoms with van der Waals surface area (Å²) in [6.07, 6.45) is 3.04. The molecule has 0 spiro atoms. The maximum Gasteiger partial charge on any atom is 0.274 e. The number of benzene rings is 1. The van der Waals surface area contributed by atoms with Gasteiger partial charge in [-0.25, -0.2) is 15.4 Å². The van der Waals surface area contributed by atoms with E-state index in [9.17, 15) is 4.79 Å². The highest BCUT2D eigenvalue weighted by Gasteiger charge is 2.07. The molecule has 1 amide bonds. The van der Waals surface area contributed by atoms with Crippen molar-refractivity contribution in [3.05, 3.63) is 42.4 Å². The monoisotopic (exact) mass is 270 g/mol. The van der Waals surface area contributed by atoms with Gasteiger partial charge in [0.2, 0.25) is 5.95 Å². The highest BCUT2D eigenvalue weighted by Crippen LogP contribution is 2.17. The molecule has 0 saturated carbocycles. The van der Waals surface area contributed by atoms with Crippen molar-refractivity contribution in [3.8, 4) is 0 Å². The molecule has 3 rings (SSSR count). The van der Waals surface area contributed by atoms with Gasteiger partial charge in [0.25, 0.3) is 5.91 Å². The van der Waals surface area contributed by atoms with Crippen LogP contribution < -0.4 is 10.8 Å². The molecule has 0 bridgehead atoms. The van der Waals surface area contributed by atoms with Crippen LogP contribution in [0.2, 0.25) is 0 Å². The van der Waals surface area contributed by atoms with Crippen molar-refractivity contribution in [1.29, 1.82) is 0 Å². The lowest BCUT2D eigenvalue weighted by atomic mass is 10.2. The molecule has 2 aromatic heterocycles. The Balaban J connectivity index is 1.88. The molecule has 20 heavy (non-hydrogen) atoms. The Morgan fingerprint density at radius 2 is 2.25 bits per heavy atom. The van der Waals surface area contributed by atoms with E-state index < -0.39 is 5.91 Å². The van der Waals surface area contributed by atoms with Crippen LogP contribution in [0.4, 0.5) is 11.6 Å². The SMILES string of the molecule is O=C(NO)c1cccc(Nc2nc3ncncc3[nH]2)c1. The van der Waals surface area contributed by atoms with E-state index >= 15 is 0 Å². The van der Waals surface area contributed by atoms with Crippen LogP contribution in [0.25, 0.3) is 11.2 Å². The minimum Gasteiger partial charge on any atom is -0.326 e. The molecular formula is C12H10N6O2. The summed E-state index contributed by atoms with van der Waals surface area (Å²) in [5.41, 5.74) is 3.82. The molecular weight excluding hydrogens is 260 g/mol. The summed E-state index contributed by atoms with van der Waals surface area (Å²) in [7, 11) is 0. The second-order valence-corrected chi connectivity index (χ2v) is 3.99. The number of fused-ring (bicyclic) bond motifs is 1. The summed E-state index contributed by atoms with van der Waals surface area (Å²) >= 11 is 0. The van der Waals surface area contributed by atoms with Gasteiger partial charge in [-0.3, -0.25) is 10.0 Å². The first kappa shape index (κ1) is 12.1. The molecule has 4 N–H and O–H groups in total. The number of H-pyrrole nitrogens is 1. The lowest BCUT2D eigenvalue weighted by Crippen LogP contribution is -2.18. The third kappa shape index (κ3) is 2.27. The molecule has 0 fully saturated rings. The number of carbonyl (C=O) groups is 1. The normalized spacial score (nSPS) is 10.4. The Kier molecular flexibility index (Phi) is 2.98. The smallest absolute Gasteiger partial charge is 0.274 e. The Morgan fingerprint density at radius 1 is 1.35 bits per heavy atom. The first-order valence-corrected chi connectivity index (χ1v) is 5.73. The van der Waals surface area contributed by atoms with Crippen molar-refractivity contribution in [1.82, 2.24) is 25.4 Å². The van der Waals surface area contributed by atoms with Crippen LogP contribution in [0.15, 0.2) is 36.8 Å². The van der Waals surface area contributed by atoms with Gasteiger partial charge >= 0.3 is 0 Å². The number of carbonyl (C=O) groups excluding carboxylic acids is 1. The van der Waals surface area contributed by atoms with Gasteiger partial charge in [-0.2, -0.15) is 4.98 Å². The summed E-state index contributed by atoms with van der Waals surface area (Å²) < 4.78 is 0. The van der Waals surface area contributed by atoms with Gasteiger partial charge in [0.05, 0.1) is 6.20 Å². The van der Waals surface area contributed by atoms with Gasteiger partial charge in [-0.1, -0.05) is 6.07 Å². The van der Waals surface area contributed by atoms with E-state index in [0.29, 0.717) is 28.4 Å². The maximum absolute atomic E-state index is 11.3. The molecule has 1 aromatic carbocycles. The van der Waals surface area contributed by atoms with E-state index in [4.69, 9.17) is 5.21 Å². The van der Waals surface area contributed by atoms with Crippen molar-refractivity contribution in [2.45, 2.75) is 0 Å². The summed E-state index contributed by atoms with van der Waals surface area (Å²) in [5, 5.41) is 11.6. The first-order valence-electron chi connectivity index (χ1n) is 5.73. The van der Waals surface area contributed by atoms with Gasteiger partial charge in [0, 0.05) is 11.3 Å². The number of hydrogen-bond donors (Lipinski definition) is 4. The van der Waals surface area contributed by atoms with Gasteiger partial charge in [0.1, 0.15) is 11.8 Å². The predicted octanol–water partition coefficient (Wildman–Crippen LogP) is 1.22. The minimum absolute atomic E-state index is 0.327. The average molecular weight is 270 g/mol. The third-order valence-corrected chi connectivity index (χ3v) is 2.65. The van der Waals surface area contributed by atoms with Gasteiger partial charge in [0.15, 0.2) is 5.65 Å². The van der Waals surface area contributed by atoms with E-state index in [2.05, 4.69) is 25.3 Å². The number of rotatable bonds is 3. The largest absolute Gasteiger partial charge is 0.326 e. The van der Waals surface area contributed by atoms with Crippen LogP contribution in [0, 0.1) is 0 Å². The average Bonchev–Trinajstić information content (AvgIpc) is 2.88. The third-order valence-electron chi connectivity index (χ3n) is 2.65. The number of hydrogen-bond acceptors (Lipinski definition) is 6. The molecule has 100 valence electrons. The number of nitrogens with one attached hydrogen (secondary N) is 3. The summed E-state index contributed by atoms with van der Waals surface area (Å²) in [4.78, 5) is 26.5. The molecule has 8 heteroatoms. The second-order valence-electron chi connectivity index (χ2n) is 3.99. The zero-order chi connectivity index (χ0) is 13.9. The molecule has 2 heterocycles. The first-order chi connectivity index (χ1) is 9.76. The fourth-order valence-electron chi connectivity index (χ4n) is 1.76. The highest BCUT2D eigenvalue weighted by atomic mass is 16.5. The molecule has 0 aliphatic carbocycles. The van der Waals surface area contributed by atoms with Crippen LogP contribution in [0.3, 0.4) is 0 Å².